The Labute approximate surface area is 170 Å². The second kappa shape index (κ2) is 7.01. The van der Waals surface area contributed by atoms with Gasteiger partial charge >= 0.3 is 0 Å². The maximum Gasteiger partial charge on any atom is 0.262 e. The van der Waals surface area contributed by atoms with Crippen molar-refractivity contribution in [1.29, 1.82) is 0 Å². The molecule has 0 unspecified atom stereocenters. The van der Waals surface area contributed by atoms with Gasteiger partial charge in [-0.05, 0) is 74.8 Å². The molecule has 4 bridgehead atoms. The number of para-hydroxylation sites is 1. The molecule has 0 saturated heterocycles. The summed E-state index contributed by atoms with van der Waals surface area (Å²) in [6.07, 6.45) is 8.23. The van der Waals surface area contributed by atoms with Gasteiger partial charge in [-0.15, -0.1) is 0 Å². The quantitative estimate of drug-likeness (QED) is 0.525. The molecular formula is C23H28N2O2S. The van der Waals surface area contributed by atoms with E-state index in [-0.39, 0.29) is 11.0 Å². The third-order valence-electron chi connectivity index (χ3n) is 7.24. The fourth-order valence-electron chi connectivity index (χ4n) is 6.41. The lowest BCUT2D eigenvalue weighted by atomic mass is 9.48. The van der Waals surface area contributed by atoms with Crippen molar-refractivity contribution in [2.75, 3.05) is 5.75 Å². The van der Waals surface area contributed by atoms with Crippen LogP contribution in [0.4, 0.5) is 0 Å². The molecule has 4 fully saturated rings. The molecule has 0 spiro atoms. The average molecular weight is 397 g/mol. The Bertz CT molecular complexity index is 945. The van der Waals surface area contributed by atoms with Crippen LogP contribution < -0.4 is 5.56 Å². The predicted octanol–water partition coefficient (Wildman–Crippen LogP) is 4.68. The number of ketones is 1. The second-order valence-electron chi connectivity index (χ2n) is 9.28. The number of aromatic nitrogens is 2. The zero-order chi connectivity index (χ0) is 19.3. The van der Waals surface area contributed by atoms with E-state index in [1.165, 1.54) is 31.0 Å². The van der Waals surface area contributed by atoms with Crippen LogP contribution in [0.5, 0.6) is 0 Å². The van der Waals surface area contributed by atoms with Crippen LogP contribution in [0, 0.1) is 23.2 Å². The molecule has 2 aromatic rings. The van der Waals surface area contributed by atoms with Crippen molar-refractivity contribution in [1.82, 2.24) is 9.55 Å². The van der Waals surface area contributed by atoms with Gasteiger partial charge in [0.15, 0.2) is 5.16 Å². The lowest BCUT2D eigenvalue weighted by Crippen LogP contribution is -2.50. The molecule has 1 heterocycles. The topological polar surface area (TPSA) is 52.0 Å². The van der Waals surface area contributed by atoms with E-state index >= 15 is 0 Å². The number of Topliss-reactive ketones (excluding diaryl/α,β-unsaturated/α-hetero) is 1. The van der Waals surface area contributed by atoms with Gasteiger partial charge in [0, 0.05) is 12.0 Å². The molecule has 28 heavy (non-hydrogen) atoms. The van der Waals surface area contributed by atoms with E-state index in [1.807, 2.05) is 24.3 Å². The van der Waals surface area contributed by atoms with Crippen molar-refractivity contribution in [2.45, 2.75) is 63.6 Å². The summed E-state index contributed by atoms with van der Waals surface area (Å²) in [6.45, 7) is 2.71. The van der Waals surface area contributed by atoms with Crippen molar-refractivity contribution >= 4 is 28.4 Å². The standard InChI is InChI=1S/C23H28N2O2S/c1-2-7-25-21(27)18-5-3-4-6-19(18)24-22(25)28-14-20(26)23-11-15-8-16(12-23)10-17(9-15)13-23/h3-6,15-17H,2,7-14H2,1H3. The smallest absolute Gasteiger partial charge is 0.262 e. The van der Waals surface area contributed by atoms with E-state index in [1.54, 1.807) is 4.57 Å². The van der Waals surface area contributed by atoms with Gasteiger partial charge in [0.2, 0.25) is 0 Å². The summed E-state index contributed by atoms with van der Waals surface area (Å²) in [5.74, 6) is 3.18. The lowest BCUT2D eigenvalue weighted by molar-refractivity contribution is -0.141. The van der Waals surface area contributed by atoms with Gasteiger partial charge < -0.3 is 0 Å². The fraction of sp³-hybridized carbons (Fsp3) is 0.609. The van der Waals surface area contributed by atoms with Gasteiger partial charge in [0.1, 0.15) is 5.78 Å². The molecule has 0 atom stereocenters. The number of benzene rings is 1. The molecule has 0 aliphatic heterocycles. The van der Waals surface area contributed by atoms with Crippen LogP contribution in [0.1, 0.15) is 51.9 Å². The molecule has 1 aromatic carbocycles. The fourth-order valence-corrected chi connectivity index (χ4v) is 7.47. The first-order valence-electron chi connectivity index (χ1n) is 10.7. The number of hydrogen-bond donors (Lipinski definition) is 0. The van der Waals surface area contributed by atoms with Crippen molar-refractivity contribution < 1.29 is 4.79 Å². The number of fused-ring (bicyclic) bond motifs is 1. The summed E-state index contributed by atoms with van der Waals surface area (Å²) in [5, 5.41) is 1.36. The Hall–Kier alpha value is -1.62. The summed E-state index contributed by atoms with van der Waals surface area (Å²) in [6, 6.07) is 7.52. The number of nitrogens with zero attached hydrogens (tertiary/aromatic N) is 2. The highest BCUT2D eigenvalue weighted by molar-refractivity contribution is 7.99. The largest absolute Gasteiger partial charge is 0.298 e. The Morgan fingerprint density at radius 1 is 1.14 bits per heavy atom. The van der Waals surface area contributed by atoms with Crippen molar-refractivity contribution in [3.05, 3.63) is 34.6 Å². The van der Waals surface area contributed by atoms with E-state index in [2.05, 4.69) is 6.92 Å². The molecule has 4 aliphatic carbocycles. The maximum atomic E-state index is 13.4. The van der Waals surface area contributed by atoms with Gasteiger partial charge in [-0.1, -0.05) is 30.8 Å². The molecule has 5 heteroatoms. The van der Waals surface area contributed by atoms with Gasteiger partial charge in [-0.2, -0.15) is 0 Å². The van der Waals surface area contributed by atoms with E-state index in [0.29, 0.717) is 28.6 Å². The highest BCUT2D eigenvalue weighted by atomic mass is 32.2. The molecule has 6 rings (SSSR count). The Morgan fingerprint density at radius 2 is 1.79 bits per heavy atom. The first kappa shape index (κ1) is 18.4. The molecule has 1 aromatic heterocycles. The zero-order valence-corrected chi connectivity index (χ0v) is 17.3. The highest BCUT2D eigenvalue weighted by Crippen LogP contribution is 2.60. The minimum atomic E-state index is -0.0749. The van der Waals surface area contributed by atoms with Gasteiger partial charge in [-0.3, -0.25) is 14.2 Å². The Morgan fingerprint density at radius 3 is 2.43 bits per heavy atom. The van der Waals surface area contributed by atoms with E-state index < -0.39 is 0 Å². The van der Waals surface area contributed by atoms with E-state index in [9.17, 15) is 9.59 Å². The van der Waals surface area contributed by atoms with Crippen molar-refractivity contribution in [3.63, 3.8) is 0 Å². The van der Waals surface area contributed by atoms with E-state index in [0.717, 1.165) is 49.0 Å². The molecule has 0 amide bonds. The monoisotopic (exact) mass is 396 g/mol. The molecule has 148 valence electrons. The molecule has 0 N–H and O–H groups in total. The number of hydrogen-bond acceptors (Lipinski definition) is 4. The normalized spacial score (nSPS) is 30.8. The van der Waals surface area contributed by atoms with Crippen LogP contribution in [-0.4, -0.2) is 21.1 Å². The Balaban J connectivity index is 1.40. The van der Waals surface area contributed by atoms with Crippen molar-refractivity contribution in [3.8, 4) is 0 Å². The average Bonchev–Trinajstić information content (AvgIpc) is 2.67. The summed E-state index contributed by atoms with van der Waals surface area (Å²) < 4.78 is 1.76. The molecule has 0 radical (unpaired) electrons. The van der Waals surface area contributed by atoms with Crippen LogP contribution in [0.3, 0.4) is 0 Å². The summed E-state index contributed by atoms with van der Waals surface area (Å²) in [7, 11) is 0. The number of carbonyl (C=O) groups is 1. The van der Waals surface area contributed by atoms with Gasteiger partial charge in [0.25, 0.3) is 5.56 Å². The van der Waals surface area contributed by atoms with Crippen molar-refractivity contribution in [2.24, 2.45) is 23.2 Å². The summed E-state index contributed by atoms with van der Waals surface area (Å²) in [4.78, 5) is 31.0. The third-order valence-corrected chi connectivity index (χ3v) is 8.21. The third kappa shape index (κ3) is 3.02. The number of thioether (sulfide) groups is 1. The summed E-state index contributed by atoms with van der Waals surface area (Å²) in [5.41, 5.74) is 0.663. The second-order valence-corrected chi connectivity index (χ2v) is 10.2. The minimum absolute atomic E-state index is 0.0113. The molecular weight excluding hydrogens is 368 g/mol. The summed E-state index contributed by atoms with van der Waals surface area (Å²) >= 11 is 1.48. The first-order valence-corrected chi connectivity index (χ1v) is 11.7. The zero-order valence-electron chi connectivity index (χ0n) is 16.5. The minimum Gasteiger partial charge on any atom is -0.298 e. The van der Waals surface area contributed by atoms with Gasteiger partial charge in [-0.25, -0.2) is 4.98 Å². The number of rotatable bonds is 6. The SMILES string of the molecule is CCCn1c(SCC(=O)C23CC4CC(CC(C4)C2)C3)nc2ccccc2c1=O. The highest BCUT2D eigenvalue weighted by Gasteiger charge is 2.54. The van der Waals surface area contributed by atoms with Crippen LogP contribution >= 0.6 is 11.8 Å². The molecule has 4 aliphatic rings. The molecule has 4 saturated carbocycles. The van der Waals surface area contributed by atoms with Crippen LogP contribution in [0.25, 0.3) is 10.9 Å². The first-order chi connectivity index (χ1) is 13.6. The van der Waals surface area contributed by atoms with Crippen LogP contribution in [0.2, 0.25) is 0 Å². The number of carbonyl (C=O) groups excluding carboxylic acids is 1. The maximum absolute atomic E-state index is 13.4. The molecule has 4 nitrogen and oxygen atoms in total. The van der Waals surface area contributed by atoms with Crippen LogP contribution in [-0.2, 0) is 11.3 Å². The lowest BCUT2D eigenvalue weighted by Gasteiger charge is -2.56. The Kier molecular flexibility index (Phi) is 4.61. The van der Waals surface area contributed by atoms with Gasteiger partial charge in [0.05, 0.1) is 16.7 Å². The predicted molar refractivity (Wildman–Crippen MR) is 113 cm³/mol. The van der Waals surface area contributed by atoms with Crippen LogP contribution in [0.15, 0.2) is 34.2 Å². The van der Waals surface area contributed by atoms with E-state index in [4.69, 9.17) is 4.98 Å².